The molecule has 6 nitrogen and oxygen atoms in total. The number of carbonyl (C=O) groups is 1. The Hall–Kier alpha value is -2.81. The van der Waals surface area contributed by atoms with Crippen molar-refractivity contribution in [2.45, 2.75) is 39.3 Å². The highest BCUT2D eigenvalue weighted by Crippen LogP contribution is 2.23. The van der Waals surface area contributed by atoms with Gasteiger partial charge in [-0.25, -0.2) is 4.79 Å². The van der Waals surface area contributed by atoms with Crippen LogP contribution in [0.4, 0.5) is 4.79 Å². The van der Waals surface area contributed by atoms with Crippen molar-refractivity contribution in [1.82, 2.24) is 10.5 Å². The molecular weight excluding hydrogens is 294 g/mol. The Bertz CT molecular complexity index is 721. The fourth-order valence-electron chi connectivity index (χ4n) is 1.90. The average molecular weight is 313 g/mol. The zero-order chi connectivity index (χ0) is 17.0. The molecule has 2 aromatic rings. The molecule has 2 rings (SSSR count). The Morgan fingerprint density at radius 3 is 2.57 bits per heavy atom. The van der Waals surface area contributed by atoms with Crippen LogP contribution in [0.3, 0.4) is 0 Å². The highest BCUT2D eigenvalue weighted by Gasteiger charge is 2.20. The molecule has 1 amide bonds. The summed E-state index contributed by atoms with van der Waals surface area (Å²) in [5.74, 6) is 0.523. The second kappa shape index (κ2) is 6.53. The topological polar surface area (TPSA) is 88.1 Å². The number of hydrogen-bond acceptors (Lipinski definition) is 5. The quantitative estimate of drug-likeness (QED) is 0.931. The minimum absolute atomic E-state index is 0.371. The van der Waals surface area contributed by atoms with Crippen LogP contribution in [0.25, 0.3) is 11.3 Å². The molecule has 0 saturated heterocycles. The van der Waals surface area contributed by atoms with Crippen LogP contribution in [0.5, 0.6) is 0 Å². The molecule has 0 radical (unpaired) electrons. The number of carbonyl (C=O) groups excluding carboxylic acids is 1. The monoisotopic (exact) mass is 313 g/mol. The lowest BCUT2D eigenvalue weighted by Gasteiger charge is -2.21. The van der Waals surface area contributed by atoms with E-state index in [0.29, 0.717) is 17.0 Å². The molecule has 0 bridgehead atoms. The van der Waals surface area contributed by atoms with E-state index in [1.165, 1.54) is 0 Å². The zero-order valence-corrected chi connectivity index (χ0v) is 13.6. The Morgan fingerprint density at radius 1 is 1.35 bits per heavy atom. The molecular formula is C17H19N3O3. The van der Waals surface area contributed by atoms with Gasteiger partial charge in [0.2, 0.25) is 0 Å². The van der Waals surface area contributed by atoms with Gasteiger partial charge in [0.25, 0.3) is 0 Å². The van der Waals surface area contributed by atoms with Gasteiger partial charge >= 0.3 is 6.09 Å². The Balaban J connectivity index is 2.06. The molecule has 23 heavy (non-hydrogen) atoms. The van der Waals surface area contributed by atoms with Crippen molar-refractivity contribution in [3.8, 4) is 17.3 Å². The number of amides is 1. The summed E-state index contributed by atoms with van der Waals surface area (Å²) < 4.78 is 10.5. The van der Waals surface area contributed by atoms with Gasteiger partial charge in [0.15, 0.2) is 5.76 Å². The van der Waals surface area contributed by atoms with Gasteiger partial charge in [0.05, 0.1) is 17.7 Å². The van der Waals surface area contributed by atoms with Crippen LogP contribution in [0.1, 0.15) is 45.1 Å². The highest BCUT2D eigenvalue weighted by molar-refractivity contribution is 5.68. The first kappa shape index (κ1) is 16.6. The summed E-state index contributed by atoms with van der Waals surface area (Å²) in [6.07, 6.45) is -0.513. The fourth-order valence-corrected chi connectivity index (χ4v) is 1.90. The summed E-state index contributed by atoms with van der Waals surface area (Å²) in [5, 5.41) is 15.5. The SMILES string of the molecule is C[C@@H](NC(=O)OC(C)(C)C)c1cc(-c2ccc(C#N)cc2)no1. The predicted molar refractivity (Wildman–Crippen MR) is 84.4 cm³/mol. The lowest BCUT2D eigenvalue weighted by Crippen LogP contribution is -2.33. The molecule has 1 N–H and O–H groups in total. The van der Waals surface area contributed by atoms with E-state index in [1.54, 1.807) is 58.0 Å². The van der Waals surface area contributed by atoms with Gasteiger partial charge in [-0.2, -0.15) is 5.26 Å². The number of nitrogens with zero attached hydrogens (tertiary/aromatic N) is 2. The molecule has 0 aliphatic rings. The zero-order valence-electron chi connectivity index (χ0n) is 13.6. The van der Waals surface area contributed by atoms with Crippen LogP contribution in [0, 0.1) is 11.3 Å². The molecule has 0 unspecified atom stereocenters. The van der Waals surface area contributed by atoms with E-state index in [4.69, 9.17) is 14.5 Å². The lowest BCUT2D eigenvalue weighted by molar-refractivity contribution is 0.0500. The molecule has 0 saturated carbocycles. The van der Waals surface area contributed by atoms with Gasteiger partial charge in [-0.15, -0.1) is 0 Å². The number of nitrogens with one attached hydrogen (secondary N) is 1. The van der Waals surface area contributed by atoms with Gasteiger partial charge in [-0.3, -0.25) is 0 Å². The average Bonchev–Trinajstić information content (AvgIpc) is 2.95. The Labute approximate surface area is 135 Å². The third-order valence-corrected chi connectivity index (χ3v) is 3.00. The third-order valence-electron chi connectivity index (χ3n) is 3.00. The van der Waals surface area contributed by atoms with Crippen LogP contribution >= 0.6 is 0 Å². The van der Waals surface area contributed by atoms with E-state index in [9.17, 15) is 4.79 Å². The van der Waals surface area contributed by atoms with Crippen LogP contribution in [-0.4, -0.2) is 16.9 Å². The van der Waals surface area contributed by atoms with E-state index in [-0.39, 0.29) is 6.04 Å². The first-order valence-electron chi connectivity index (χ1n) is 7.25. The van der Waals surface area contributed by atoms with Gasteiger partial charge in [0, 0.05) is 11.6 Å². The van der Waals surface area contributed by atoms with Crippen molar-refractivity contribution in [1.29, 1.82) is 5.26 Å². The summed E-state index contributed by atoms with van der Waals surface area (Å²) in [6.45, 7) is 7.19. The Kier molecular flexibility index (Phi) is 4.70. The summed E-state index contributed by atoms with van der Waals surface area (Å²) in [6, 6.07) is 10.5. The smallest absolute Gasteiger partial charge is 0.408 e. The van der Waals surface area contributed by atoms with Crippen molar-refractivity contribution < 1.29 is 14.1 Å². The van der Waals surface area contributed by atoms with Gasteiger partial charge in [-0.1, -0.05) is 17.3 Å². The fraction of sp³-hybridized carbons (Fsp3) is 0.353. The van der Waals surface area contributed by atoms with E-state index >= 15 is 0 Å². The van der Waals surface area contributed by atoms with E-state index in [2.05, 4.69) is 16.5 Å². The number of alkyl carbamates (subject to hydrolysis) is 1. The first-order chi connectivity index (χ1) is 10.8. The molecule has 0 aliphatic heterocycles. The minimum atomic E-state index is -0.557. The molecule has 1 atom stereocenters. The number of aromatic nitrogens is 1. The number of benzene rings is 1. The summed E-state index contributed by atoms with van der Waals surface area (Å²) >= 11 is 0. The van der Waals surface area contributed by atoms with Crippen molar-refractivity contribution in [2.24, 2.45) is 0 Å². The number of rotatable bonds is 3. The summed E-state index contributed by atoms with van der Waals surface area (Å²) in [7, 11) is 0. The summed E-state index contributed by atoms with van der Waals surface area (Å²) in [4.78, 5) is 11.8. The maximum atomic E-state index is 11.8. The molecule has 0 aliphatic carbocycles. The largest absolute Gasteiger partial charge is 0.444 e. The highest BCUT2D eigenvalue weighted by atomic mass is 16.6. The van der Waals surface area contributed by atoms with Crippen LogP contribution in [0.15, 0.2) is 34.9 Å². The van der Waals surface area contributed by atoms with Crippen LogP contribution in [-0.2, 0) is 4.74 Å². The predicted octanol–water partition coefficient (Wildman–Crippen LogP) is 3.80. The van der Waals surface area contributed by atoms with E-state index in [0.717, 1.165) is 5.56 Å². The Morgan fingerprint density at radius 2 is 2.00 bits per heavy atom. The van der Waals surface area contributed by atoms with Crippen LogP contribution < -0.4 is 5.32 Å². The number of nitriles is 1. The van der Waals surface area contributed by atoms with Gasteiger partial charge in [-0.05, 0) is 39.8 Å². The van der Waals surface area contributed by atoms with E-state index < -0.39 is 11.7 Å². The molecule has 0 fully saturated rings. The van der Waals surface area contributed by atoms with Crippen molar-refractivity contribution in [3.05, 3.63) is 41.7 Å². The third kappa shape index (κ3) is 4.58. The van der Waals surface area contributed by atoms with Crippen LogP contribution in [0.2, 0.25) is 0 Å². The molecule has 0 spiro atoms. The minimum Gasteiger partial charge on any atom is -0.444 e. The second-order valence-electron chi connectivity index (χ2n) is 6.17. The molecule has 1 aromatic carbocycles. The maximum absolute atomic E-state index is 11.8. The van der Waals surface area contributed by atoms with Crippen molar-refractivity contribution in [2.75, 3.05) is 0 Å². The normalized spacial score (nSPS) is 12.3. The number of ether oxygens (including phenoxy) is 1. The molecule has 120 valence electrons. The van der Waals surface area contributed by atoms with Crippen molar-refractivity contribution >= 4 is 6.09 Å². The van der Waals surface area contributed by atoms with Gasteiger partial charge in [0.1, 0.15) is 11.3 Å². The second-order valence-corrected chi connectivity index (χ2v) is 6.17. The standard InChI is InChI=1S/C17H19N3O3/c1-11(19-16(21)22-17(2,3)4)15-9-14(20-23-15)13-7-5-12(10-18)6-8-13/h5-9,11H,1-4H3,(H,19,21)/t11-/m1/s1. The summed E-state index contributed by atoms with van der Waals surface area (Å²) in [5.41, 5.74) is 1.50. The van der Waals surface area contributed by atoms with E-state index in [1.807, 2.05) is 0 Å². The lowest BCUT2D eigenvalue weighted by atomic mass is 10.1. The van der Waals surface area contributed by atoms with Gasteiger partial charge < -0.3 is 14.6 Å². The van der Waals surface area contributed by atoms with Crippen molar-refractivity contribution in [3.63, 3.8) is 0 Å². The molecule has 1 heterocycles. The number of hydrogen-bond donors (Lipinski definition) is 1. The maximum Gasteiger partial charge on any atom is 0.408 e. The molecule has 6 heteroatoms. The molecule has 1 aromatic heterocycles. The first-order valence-corrected chi connectivity index (χ1v) is 7.25.